The van der Waals surface area contributed by atoms with E-state index in [0.717, 1.165) is 55.2 Å². The molecule has 2 N–H and O–H groups in total. The number of carbonyl (C=O) groups is 1. The van der Waals surface area contributed by atoms with Crippen LogP contribution in [0.25, 0.3) is 11.4 Å². The highest BCUT2D eigenvalue weighted by Crippen LogP contribution is 2.34. The molecule has 10 nitrogen and oxygen atoms in total. The molecule has 0 spiro atoms. The van der Waals surface area contributed by atoms with Crippen LogP contribution in [-0.2, 0) is 26.4 Å². The van der Waals surface area contributed by atoms with Gasteiger partial charge < -0.3 is 15.3 Å². The van der Waals surface area contributed by atoms with Crippen LogP contribution in [0.2, 0.25) is 0 Å². The van der Waals surface area contributed by atoms with Crippen molar-refractivity contribution >= 4 is 17.7 Å². The summed E-state index contributed by atoms with van der Waals surface area (Å²) in [5.74, 6) is 0.0758. The van der Waals surface area contributed by atoms with Crippen LogP contribution in [0.3, 0.4) is 0 Å². The maximum absolute atomic E-state index is 11.5. The molecule has 0 atom stereocenters. The number of aryl methyl sites for hydroxylation is 2. The van der Waals surface area contributed by atoms with Gasteiger partial charge in [0, 0.05) is 57.7 Å². The van der Waals surface area contributed by atoms with E-state index in [1.54, 1.807) is 17.9 Å². The molecule has 0 amide bonds. The number of likely N-dealkylation sites (N-methyl/N-ethyl adjacent to an activating group) is 1. The van der Waals surface area contributed by atoms with Crippen molar-refractivity contribution in [1.82, 2.24) is 34.5 Å². The number of carboxylic acids is 1. The molecule has 10 heteroatoms. The Morgan fingerprint density at radius 1 is 1.09 bits per heavy atom. The number of hydrogen-bond donors (Lipinski definition) is 2. The molecular formula is C22H26N8O2. The fourth-order valence-corrected chi connectivity index (χ4v) is 4.36. The van der Waals surface area contributed by atoms with E-state index < -0.39 is 5.97 Å². The minimum absolute atomic E-state index is 0.0962. The number of fused-ring (bicyclic) bond motifs is 3. The molecule has 1 fully saturated rings. The topological polar surface area (TPSA) is 112 Å². The van der Waals surface area contributed by atoms with Gasteiger partial charge in [-0.25, -0.2) is 19.7 Å². The van der Waals surface area contributed by atoms with Crippen LogP contribution >= 0.6 is 0 Å². The second-order valence-electron chi connectivity index (χ2n) is 8.43. The van der Waals surface area contributed by atoms with Gasteiger partial charge in [0.2, 0.25) is 5.95 Å². The van der Waals surface area contributed by atoms with Gasteiger partial charge in [-0.15, -0.1) is 0 Å². The number of pyridine rings is 1. The summed E-state index contributed by atoms with van der Waals surface area (Å²) < 4.78 is 1.60. The second kappa shape index (κ2) is 8.29. The van der Waals surface area contributed by atoms with Crippen LogP contribution in [-0.4, -0.2) is 78.8 Å². The van der Waals surface area contributed by atoms with Gasteiger partial charge in [0.25, 0.3) is 0 Å². The van der Waals surface area contributed by atoms with E-state index >= 15 is 0 Å². The number of aromatic carboxylic acids is 1. The third kappa shape index (κ3) is 3.94. The summed E-state index contributed by atoms with van der Waals surface area (Å²) in [5.41, 5.74) is 4.44. The van der Waals surface area contributed by atoms with E-state index in [-0.39, 0.29) is 5.69 Å². The molecule has 3 aromatic heterocycles. The summed E-state index contributed by atoms with van der Waals surface area (Å²) in [7, 11) is 3.90. The highest BCUT2D eigenvalue weighted by atomic mass is 16.4. The third-order valence-electron chi connectivity index (χ3n) is 6.15. The van der Waals surface area contributed by atoms with E-state index in [9.17, 15) is 9.90 Å². The van der Waals surface area contributed by atoms with Crippen molar-refractivity contribution < 1.29 is 9.90 Å². The molecular weight excluding hydrogens is 408 g/mol. The molecule has 32 heavy (non-hydrogen) atoms. The van der Waals surface area contributed by atoms with Crippen molar-refractivity contribution in [1.29, 1.82) is 0 Å². The van der Waals surface area contributed by atoms with Crippen LogP contribution in [0.4, 0.5) is 11.8 Å². The zero-order valence-corrected chi connectivity index (χ0v) is 18.2. The predicted molar refractivity (Wildman–Crippen MR) is 119 cm³/mol. The first-order valence-corrected chi connectivity index (χ1v) is 10.8. The number of nitrogens with zero attached hydrogens (tertiary/aromatic N) is 7. The van der Waals surface area contributed by atoms with E-state index in [2.05, 4.69) is 48.3 Å². The molecule has 0 unspecified atom stereocenters. The summed E-state index contributed by atoms with van der Waals surface area (Å²) in [6.45, 7) is 5.22. The SMILES string of the molecule is CN1CCN(Cc2ccc(Nc3ncc4c(n3)-c3c(c(C(=O)O)nn3C)CC4)nc2)CC1. The van der Waals surface area contributed by atoms with Crippen LogP contribution < -0.4 is 5.32 Å². The highest BCUT2D eigenvalue weighted by molar-refractivity contribution is 5.90. The van der Waals surface area contributed by atoms with E-state index in [1.807, 2.05) is 12.3 Å². The first-order valence-electron chi connectivity index (χ1n) is 10.8. The van der Waals surface area contributed by atoms with Crippen molar-refractivity contribution in [3.63, 3.8) is 0 Å². The standard InChI is InChI=1S/C22H26N8O2/c1-28-7-9-30(10-8-28)13-14-3-6-17(23-11-14)25-22-24-12-15-4-5-16-19(21(31)32)27-29(2)20(16)18(15)26-22/h3,6,11-12H,4-5,7-10,13H2,1-2H3,(H,31,32)(H,23,24,25,26). The third-order valence-corrected chi connectivity index (χ3v) is 6.15. The molecule has 166 valence electrons. The molecule has 1 aliphatic carbocycles. The maximum Gasteiger partial charge on any atom is 0.356 e. The van der Waals surface area contributed by atoms with Crippen molar-refractivity contribution in [3.8, 4) is 11.4 Å². The average molecular weight is 435 g/mol. The van der Waals surface area contributed by atoms with E-state index in [4.69, 9.17) is 0 Å². The van der Waals surface area contributed by atoms with Gasteiger partial charge in [0.15, 0.2) is 5.69 Å². The number of rotatable bonds is 5. The fourth-order valence-electron chi connectivity index (χ4n) is 4.36. The largest absolute Gasteiger partial charge is 0.476 e. The minimum atomic E-state index is -1.02. The van der Waals surface area contributed by atoms with Crippen LogP contribution in [0, 0.1) is 0 Å². The molecule has 2 aliphatic rings. The summed E-state index contributed by atoms with van der Waals surface area (Å²) in [5, 5.41) is 16.8. The fraction of sp³-hybridized carbons (Fsp3) is 0.409. The molecule has 0 saturated carbocycles. The van der Waals surface area contributed by atoms with Gasteiger partial charge in [0.1, 0.15) is 5.82 Å². The highest BCUT2D eigenvalue weighted by Gasteiger charge is 2.28. The Kier molecular flexibility index (Phi) is 5.32. The van der Waals surface area contributed by atoms with Crippen molar-refractivity contribution in [2.45, 2.75) is 19.4 Å². The lowest BCUT2D eigenvalue weighted by Crippen LogP contribution is -2.43. The lowest BCUT2D eigenvalue weighted by Gasteiger charge is -2.32. The average Bonchev–Trinajstić information content (AvgIpc) is 3.14. The molecule has 4 heterocycles. The van der Waals surface area contributed by atoms with Gasteiger partial charge in [-0.1, -0.05) is 6.07 Å². The molecule has 1 aliphatic heterocycles. The van der Waals surface area contributed by atoms with Gasteiger partial charge in [-0.2, -0.15) is 5.10 Å². The van der Waals surface area contributed by atoms with Crippen LogP contribution in [0.15, 0.2) is 24.5 Å². The van der Waals surface area contributed by atoms with E-state index in [1.165, 1.54) is 5.56 Å². The number of anilines is 2. The lowest BCUT2D eigenvalue weighted by molar-refractivity contribution is 0.0688. The van der Waals surface area contributed by atoms with Gasteiger partial charge in [-0.3, -0.25) is 9.58 Å². The molecule has 5 rings (SSSR count). The summed E-state index contributed by atoms with van der Waals surface area (Å²) in [6, 6.07) is 4.01. The smallest absolute Gasteiger partial charge is 0.356 e. The Bertz CT molecular complexity index is 1150. The Hall–Kier alpha value is -3.37. The van der Waals surface area contributed by atoms with Crippen LogP contribution in [0.5, 0.6) is 0 Å². The number of nitrogens with one attached hydrogen (secondary N) is 1. The van der Waals surface area contributed by atoms with E-state index in [0.29, 0.717) is 24.6 Å². The minimum Gasteiger partial charge on any atom is -0.476 e. The van der Waals surface area contributed by atoms with Gasteiger partial charge in [0.05, 0.1) is 11.4 Å². The van der Waals surface area contributed by atoms with Crippen LogP contribution in [0.1, 0.15) is 27.2 Å². The van der Waals surface area contributed by atoms with Crippen molar-refractivity contribution in [2.75, 3.05) is 38.5 Å². The summed E-state index contributed by atoms with van der Waals surface area (Å²) in [6.07, 6.45) is 4.98. The predicted octanol–water partition coefficient (Wildman–Crippen LogP) is 1.56. The van der Waals surface area contributed by atoms with Gasteiger partial charge >= 0.3 is 5.97 Å². The molecule has 3 aromatic rings. The number of hydrogen-bond acceptors (Lipinski definition) is 8. The molecule has 0 radical (unpaired) electrons. The molecule has 1 saturated heterocycles. The monoisotopic (exact) mass is 434 g/mol. The Morgan fingerprint density at radius 2 is 1.91 bits per heavy atom. The summed E-state index contributed by atoms with van der Waals surface area (Å²) >= 11 is 0. The number of aromatic nitrogens is 5. The lowest BCUT2D eigenvalue weighted by atomic mass is 9.93. The molecule has 0 bridgehead atoms. The zero-order valence-electron chi connectivity index (χ0n) is 18.2. The summed E-state index contributed by atoms with van der Waals surface area (Å²) in [4.78, 5) is 30.0. The second-order valence-corrected chi connectivity index (χ2v) is 8.43. The Labute approximate surface area is 185 Å². The zero-order chi connectivity index (χ0) is 22.2. The quantitative estimate of drug-likeness (QED) is 0.618. The number of piperazine rings is 1. The Morgan fingerprint density at radius 3 is 2.62 bits per heavy atom. The Balaban J connectivity index is 1.33. The normalized spacial score (nSPS) is 16.4. The first kappa shape index (κ1) is 20.5. The maximum atomic E-state index is 11.5. The van der Waals surface area contributed by atoms with Gasteiger partial charge in [-0.05, 0) is 37.1 Å². The first-order chi connectivity index (χ1) is 15.5. The van der Waals surface area contributed by atoms with Crippen molar-refractivity contribution in [2.24, 2.45) is 7.05 Å². The number of carboxylic acid groups (broad SMARTS) is 1. The molecule has 0 aromatic carbocycles. The van der Waals surface area contributed by atoms with Crippen molar-refractivity contribution in [3.05, 3.63) is 46.9 Å².